The fourth-order valence-corrected chi connectivity index (χ4v) is 3.38. The molecule has 0 spiro atoms. The predicted octanol–water partition coefficient (Wildman–Crippen LogP) is 2.41. The Morgan fingerprint density at radius 3 is 2.63 bits per heavy atom. The summed E-state index contributed by atoms with van der Waals surface area (Å²) in [5.41, 5.74) is 1.75. The maximum atomic E-state index is 12.8. The zero-order valence-corrected chi connectivity index (χ0v) is 15.6. The largest absolute Gasteiger partial charge is 0.488 e. The number of quaternary nitrogens is 1. The van der Waals surface area contributed by atoms with E-state index in [9.17, 15) is 4.79 Å². The van der Waals surface area contributed by atoms with Crippen LogP contribution in [-0.2, 0) is 4.74 Å². The van der Waals surface area contributed by atoms with Crippen molar-refractivity contribution in [3.63, 3.8) is 0 Å². The van der Waals surface area contributed by atoms with E-state index in [0.29, 0.717) is 33.9 Å². The summed E-state index contributed by atoms with van der Waals surface area (Å²) in [6.07, 6.45) is 1.50. The molecule has 27 heavy (non-hydrogen) atoms. The van der Waals surface area contributed by atoms with E-state index in [1.54, 1.807) is 24.3 Å². The van der Waals surface area contributed by atoms with E-state index >= 15 is 0 Å². The van der Waals surface area contributed by atoms with Crippen LogP contribution in [0.15, 0.2) is 57.9 Å². The van der Waals surface area contributed by atoms with Gasteiger partial charge < -0.3 is 18.8 Å². The number of morpholine rings is 1. The van der Waals surface area contributed by atoms with Gasteiger partial charge in [-0.3, -0.25) is 4.79 Å². The summed E-state index contributed by atoms with van der Waals surface area (Å²) in [6, 6.07) is 12.5. The van der Waals surface area contributed by atoms with Crippen LogP contribution in [0.5, 0.6) is 5.75 Å². The van der Waals surface area contributed by atoms with Crippen molar-refractivity contribution in [1.29, 1.82) is 0 Å². The Kier molecular flexibility index (Phi) is 5.43. The van der Waals surface area contributed by atoms with E-state index in [4.69, 9.17) is 25.5 Å². The van der Waals surface area contributed by atoms with E-state index < -0.39 is 0 Å². The molecule has 140 valence electrons. The molecule has 0 radical (unpaired) electrons. The number of rotatable bonds is 5. The molecule has 0 saturated carbocycles. The van der Waals surface area contributed by atoms with E-state index in [-0.39, 0.29) is 5.43 Å². The monoisotopic (exact) mass is 386 g/mol. The van der Waals surface area contributed by atoms with Gasteiger partial charge in [0.2, 0.25) is 0 Å². The minimum Gasteiger partial charge on any atom is -0.488 e. The molecule has 0 aliphatic carbocycles. The maximum absolute atomic E-state index is 12.8. The van der Waals surface area contributed by atoms with Crippen LogP contribution in [0.4, 0.5) is 0 Å². The molecular formula is C21H21ClNO4+. The van der Waals surface area contributed by atoms with Gasteiger partial charge in [0.1, 0.15) is 43.8 Å². The Morgan fingerprint density at radius 2 is 1.85 bits per heavy atom. The standard InChI is InChI=1S/C21H20ClNO4/c22-16-3-1-15(2-4-16)19-14-27-20-13-17(5-6-18(20)21(19)24)26-12-9-23-7-10-25-11-8-23/h1-6,13-14H,7-12H2/p+1. The van der Waals surface area contributed by atoms with Gasteiger partial charge in [0.05, 0.1) is 24.2 Å². The molecule has 1 aromatic heterocycles. The Bertz CT molecular complexity index is 978. The third kappa shape index (κ3) is 4.16. The zero-order chi connectivity index (χ0) is 18.6. The second kappa shape index (κ2) is 8.13. The number of benzene rings is 2. The van der Waals surface area contributed by atoms with Crippen LogP contribution in [0.25, 0.3) is 22.1 Å². The number of ether oxygens (including phenoxy) is 2. The molecule has 2 aromatic carbocycles. The highest BCUT2D eigenvalue weighted by Crippen LogP contribution is 2.24. The van der Waals surface area contributed by atoms with Crippen molar-refractivity contribution < 1.29 is 18.8 Å². The van der Waals surface area contributed by atoms with Crippen molar-refractivity contribution in [3.05, 3.63) is 64.0 Å². The van der Waals surface area contributed by atoms with Crippen LogP contribution in [0.2, 0.25) is 5.02 Å². The number of fused-ring (bicyclic) bond motifs is 1. The second-order valence-electron chi connectivity index (χ2n) is 6.60. The summed E-state index contributed by atoms with van der Waals surface area (Å²) in [6.45, 7) is 5.21. The highest BCUT2D eigenvalue weighted by molar-refractivity contribution is 6.30. The van der Waals surface area contributed by atoms with E-state index in [0.717, 1.165) is 38.4 Å². The third-order valence-corrected chi connectivity index (χ3v) is 5.08. The highest BCUT2D eigenvalue weighted by atomic mass is 35.5. The minimum atomic E-state index is -0.0668. The van der Waals surface area contributed by atoms with Gasteiger partial charge in [-0.15, -0.1) is 0 Å². The molecule has 0 unspecified atom stereocenters. The average molecular weight is 387 g/mol. The first-order valence-electron chi connectivity index (χ1n) is 9.06. The number of halogens is 1. The zero-order valence-electron chi connectivity index (χ0n) is 14.9. The van der Waals surface area contributed by atoms with Crippen LogP contribution >= 0.6 is 11.6 Å². The van der Waals surface area contributed by atoms with Crippen LogP contribution < -0.4 is 15.1 Å². The molecule has 1 aliphatic rings. The van der Waals surface area contributed by atoms with Crippen LogP contribution in [0, 0.1) is 0 Å². The first kappa shape index (κ1) is 18.0. The van der Waals surface area contributed by atoms with E-state index in [1.165, 1.54) is 11.2 Å². The van der Waals surface area contributed by atoms with Crippen molar-refractivity contribution in [1.82, 2.24) is 0 Å². The van der Waals surface area contributed by atoms with Crippen molar-refractivity contribution >= 4 is 22.6 Å². The Labute approximate surface area is 162 Å². The van der Waals surface area contributed by atoms with E-state index in [2.05, 4.69) is 0 Å². The van der Waals surface area contributed by atoms with Gasteiger partial charge in [-0.1, -0.05) is 23.7 Å². The Morgan fingerprint density at radius 1 is 1.07 bits per heavy atom. The lowest BCUT2D eigenvalue weighted by Gasteiger charge is -2.23. The Hall–Kier alpha value is -2.34. The van der Waals surface area contributed by atoms with Gasteiger partial charge in [0.15, 0.2) is 5.43 Å². The molecule has 3 aromatic rings. The van der Waals surface area contributed by atoms with Gasteiger partial charge in [-0.05, 0) is 29.8 Å². The fraction of sp³-hybridized carbons (Fsp3) is 0.286. The lowest BCUT2D eigenvalue weighted by atomic mass is 10.1. The molecule has 1 fully saturated rings. The van der Waals surface area contributed by atoms with Gasteiger partial charge >= 0.3 is 0 Å². The van der Waals surface area contributed by atoms with Crippen molar-refractivity contribution in [2.24, 2.45) is 0 Å². The predicted molar refractivity (Wildman–Crippen MR) is 105 cm³/mol. The number of nitrogens with one attached hydrogen (secondary N) is 1. The molecule has 1 saturated heterocycles. The number of hydrogen-bond donors (Lipinski definition) is 1. The SMILES string of the molecule is O=c1c(-c2ccc(Cl)cc2)coc2cc(OCC[NH+]3CCOCC3)ccc12. The average Bonchev–Trinajstić information content (AvgIpc) is 2.70. The van der Waals surface area contributed by atoms with E-state index in [1.807, 2.05) is 18.2 Å². The number of hydrogen-bond acceptors (Lipinski definition) is 4. The summed E-state index contributed by atoms with van der Waals surface area (Å²) in [5, 5.41) is 1.17. The molecular weight excluding hydrogens is 366 g/mol. The molecule has 5 nitrogen and oxygen atoms in total. The summed E-state index contributed by atoms with van der Waals surface area (Å²) in [5.74, 6) is 0.706. The summed E-state index contributed by atoms with van der Waals surface area (Å²) < 4.78 is 16.9. The molecule has 1 N–H and O–H groups in total. The molecule has 0 atom stereocenters. The van der Waals surface area contributed by atoms with Gasteiger partial charge in [-0.2, -0.15) is 0 Å². The highest BCUT2D eigenvalue weighted by Gasteiger charge is 2.14. The van der Waals surface area contributed by atoms with Gasteiger partial charge in [-0.25, -0.2) is 0 Å². The summed E-state index contributed by atoms with van der Waals surface area (Å²) in [4.78, 5) is 14.3. The molecule has 0 amide bonds. The van der Waals surface area contributed by atoms with Crippen LogP contribution in [0.1, 0.15) is 0 Å². The fourth-order valence-electron chi connectivity index (χ4n) is 3.25. The quantitative estimate of drug-likeness (QED) is 0.731. The Balaban J connectivity index is 1.50. The van der Waals surface area contributed by atoms with Crippen LogP contribution in [0.3, 0.4) is 0 Å². The maximum Gasteiger partial charge on any atom is 0.200 e. The normalized spacial score (nSPS) is 15.1. The third-order valence-electron chi connectivity index (χ3n) is 4.83. The van der Waals surface area contributed by atoms with Crippen molar-refractivity contribution in [2.75, 3.05) is 39.5 Å². The minimum absolute atomic E-state index is 0.0668. The van der Waals surface area contributed by atoms with Crippen LogP contribution in [-0.4, -0.2) is 39.5 Å². The summed E-state index contributed by atoms with van der Waals surface area (Å²) in [7, 11) is 0. The molecule has 2 heterocycles. The molecule has 4 rings (SSSR count). The van der Waals surface area contributed by atoms with Gasteiger partial charge in [0, 0.05) is 11.1 Å². The second-order valence-corrected chi connectivity index (χ2v) is 7.04. The lowest BCUT2D eigenvalue weighted by molar-refractivity contribution is -0.908. The van der Waals surface area contributed by atoms with Gasteiger partial charge in [0.25, 0.3) is 0 Å². The molecule has 6 heteroatoms. The molecule has 0 bridgehead atoms. The first-order chi connectivity index (χ1) is 13.2. The molecule has 1 aliphatic heterocycles. The van der Waals surface area contributed by atoms with Crippen molar-refractivity contribution in [2.45, 2.75) is 0 Å². The first-order valence-corrected chi connectivity index (χ1v) is 9.44. The lowest BCUT2D eigenvalue weighted by Crippen LogP contribution is -3.14. The smallest absolute Gasteiger partial charge is 0.200 e. The topological polar surface area (TPSA) is 53.1 Å². The van der Waals surface area contributed by atoms with Crippen molar-refractivity contribution in [3.8, 4) is 16.9 Å². The summed E-state index contributed by atoms with van der Waals surface area (Å²) >= 11 is 5.92.